The average Bonchev–Trinajstić information content (AvgIpc) is 3.22. The van der Waals surface area contributed by atoms with Gasteiger partial charge in [-0.05, 0) is 30.3 Å². The number of halogens is 1. The molecule has 0 bridgehead atoms. The van der Waals surface area contributed by atoms with E-state index >= 15 is 0 Å². The summed E-state index contributed by atoms with van der Waals surface area (Å²) in [5.41, 5.74) is 7.19. The van der Waals surface area contributed by atoms with Gasteiger partial charge in [-0.2, -0.15) is 0 Å². The molecule has 4 rings (SSSR count). The van der Waals surface area contributed by atoms with Gasteiger partial charge in [0.2, 0.25) is 0 Å². The smallest absolute Gasteiger partial charge is 0.253 e. The number of carbonyl (C=O) groups is 1. The Kier molecular flexibility index (Phi) is 3.32. The molecular weight excluding hydrogens is 321 g/mol. The van der Waals surface area contributed by atoms with Gasteiger partial charge < -0.3 is 15.4 Å². The van der Waals surface area contributed by atoms with Gasteiger partial charge in [-0.25, -0.2) is 4.39 Å². The Morgan fingerprint density at radius 2 is 1.76 bits per heavy atom. The van der Waals surface area contributed by atoms with Gasteiger partial charge in [-0.1, -0.05) is 18.2 Å². The SMILES string of the molecule is NC(=O)c1c(-n2cccc2)n(-c2ccc(O)c(F)c2)c2ccccc12. The largest absolute Gasteiger partial charge is 0.505 e. The lowest BCUT2D eigenvalue weighted by Gasteiger charge is -2.13. The van der Waals surface area contributed by atoms with E-state index in [1.54, 1.807) is 33.7 Å². The molecule has 4 aromatic rings. The van der Waals surface area contributed by atoms with E-state index in [9.17, 15) is 14.3 Å². The normalized spacial score (nSPS) is 11.1. The maximum atomic E-state index is 13.9. The number of aromatic nitrogens is 2. The van der Waals surface area contributed by atoms with Crippen molar-refractivity contribution in [2.45, 2.75) is 0 Å². The van der Waals surface area contributed by atoms with Crippen molar-refractivity contribution in [1.82, 2.24) is 9.13 Å². The summed E-state index contributed by atoms with van der Waals surface area (Å²) in [7, 11) is 0. The predicted octanol–water partition coefficient (Wildman–Crippen LogP) is 3.36. The number of phenols is 1. The molecule has 0 aliphatic heterocycles. The van der Waals surface area contributed by atoms with Crippen molar-refractivity contribution in [2.75, 3.05) is 0 Å². The molecule has 0 fully saturated rings. The van der Waals surface area contributed by atoms with Crippen molar-refractivity contribution in [2.24, 2.45) is 5.73 Å². The summed E-state index contributed by atoms with van der Waals surface area (Å²) >= 11 is 0. The third-order valence-corrected chi connectivity index (χ3v) is 4.13. The molecule has 25 heavy (non-hydrogen) atoms. The van der Waals surface area contributed by atoms with Crippen LogP contribution in [0.3, 0.4) is 0 Å². The molecule has 6 heteroatoms. The molecule has 2 heterocycles. The van der Waals surface area contributed by atoms with E-state index in [-0.39, 0.29) is 0 Å². The molecule has 3 N–H and O–H groups in total. The summed E-state index contributed by atoms with van der Waals surface area (Å²) in [6.45, 7) is 0. The van der Waals surface area contributed by atoms with Gasteiger partial charge in [0, 0.05) is 23.8 Å². The van der Waals surface area contributed by atoms with Crippen LogP contribution in [0.2, 0.25) is 0 Å². The minimum atomic E-state index is -0.741. The van der Waals surface area contributed by atoms with Gasteiger partial charge in [0.15, 0.2) is 11.6 Å². The number of fused-ring (bicyclic) bond motifs is 1. The van der Waals surface area contributed by atoms with E-state index in [1.165, 1.54) is 12.1 Å². The van der Waals surface area contributed by atoms with Crippen LogP contribution in [-0.4, -0.2) is 20.1 Å². The fourth-order valence-corrected chi connectivity index (χ4v) is 3.09. The minimum Gasteiger partial charge on any atom is -0.505 e. The molecule has 0 atom stereocenters. The average molecular weight is 335 g/mol. The van der Waals surface area contributed by atoms with Crippen LogP contribution in [0.4, 0.5) is 4.39 Å². The van der Waals surface area contributed by atoms with E-state index in [0.717, 1.165) is 0 Å². The van der Waals surface area contributed by atoms with Crippen LogP contribution >= 0.6 is 0 Å². The molecule has 2 aromatic carbocycles. The highest BCUT2D eigenvalue weighted by molar-refractivity contribution is 6.10. The van der Waals surface area contributed by atoms with E-state index in [0.29, 0.717) is 28.0 Å². The molecule has 1 amide bonds. The van der Waals surface area contributed by atoms with E-state index in [2.05, 4.69) is 0 Å². The predicted molar refractivity (Wildman–Crippen MR) is 92.7 cm³/mol. The Balaban J connectivity index is 2.17. The van der Waals surface area contributed by atoms with E-state index in [1.807, 2.05) is 30.3 Å². The van der Waals surface area contributed by atoms with Crippen molar-refractivity contribution in [3.63, 3.8) is 0 Å². The number of nitrogens with zero attached hydrogens (tertiary/aromatic N) is 2. The molecule has 0 unspecified atom stereocenters. The first-order valence-corrected chi connectivity index (χ1v) is 7.63. The van der Waals surface area contributed by atoms with Crippen molar-refractivity contribution < 1.29 is 14.3 Å². The zero-order valence-electron chi connectivity index (χ0n) is 13.1. The van der Waals surface area contributed by atoms with Gasteiger partial charge in [-0.3, -0.25) is 9.36 Å². The van der Waals surface area contributed by atoms with Gasteiger partial charge >= 0.3 is 0 Å². The lowest BCUT2D eigenvalue weighted by atomic mass is 10.1. The summed E-state index contributed by atoms with van der Waals surface area (Å²) in [5.74, 6) is -1.23. The van der Waals surface area contributed by atoms with Crippen molar-refractivity contribution in [3.05, 3.63) is 78.4 Å². The third kappa shape index (κ3) is 2.27. The second-order valence-corrected chi connectivity index (χ2v) is 5.64. The number of rotatable bonds is 3. The molecule has 0 spiro atoms. The van der Waals surface area contributed by atoms with E-state index < -0.39 is 17.5 Å². The quantitative estimate of drug-likeness (QED) is 0.602. The number of amides is 1. The van der Waals surface area contributed by atoms with Crippen LogP contribution in [0.1, 0.15) is 10.4 Å². The van der Waals surface area contributed by atoms with E-state index in [4.69, 9.17) is 5.73 Å². The number of hydrogen-bond acceptors (Lipinski definition) is 2. The Morgan fingerprint density at radius 1 is 1.04 bits per heavy atom. The van der Waals surface area contributed by atoms with Crippen LogP contribution < -0.4 is 5.73 Å². The second kappa shape index (κ2) is 5.52. The summed E-state index contributed by atoms with van der Waals surface area (Å²) in [6, 6.07) is 15.0. The number of benzene rings is 2. The van der Waals surface area contributed by atoms with Crippen molar-refractivity contribution in [1.29, 1.82) is 0 Å². The van der Waals surface area contributed by atoms with Gasteiger partial charge in [0.25, 0.3) is 5.91 Å². The lowest BCUT2D eigenvalue weighted by molar-refractivity contribution is 0.100. The maximum absolute atomic E-state index is 13.9. The highest BCUT2D eigenvalue weighted by atomic mass is 19.1. The molecular formula is C19H14FN3O2. The fourth-order valence-electron chi connectivity index (χ4n) is 3.09. The number of carbonyl (C=O) groups excluding carboxylic acids is 1. The second-order valence-electron chi connectivity index (χ2n) is 5.64. The number of primary amides is 1. The van der Waals surface area contributed by atoms with Gasteiger partial charge in [0.1, 0.15) is 5.82 Å². The van der Waals surface area contributed by atoms with Crippen molar-refractivity contribution in [3.8, 4) is 17.3 Å². The first kappa shape index (κ1) is 15.0. The molecule has 0 radical (unpaired) electrons. The molecule has 0 aliphatic rings. The number of hydrogen-bond donors (Lipinski definition) is 2. The van der Waals surface area contributed by atoms with Crippen LogP contribution in [0, 0.1) is 5.82 Å². The molecule has 0 saturated carbocycles. The van der Waals surface area contributed by atoms with Gasteiger partial charge in [-0.15, -0.1) is 0 Å². The summed E-state index contributed by atoms with van der Waals surface area (Å²) in [4.78, 5) is 12.2. The number of nitrogens with two attached hydrogens (primary N) is 1. The molecule has 2 aromatic heterocycles. The standard InChI is InChI=1S/C19H14FN3O2/c20-14-11-12(7-8-16(14)24)23-15-6-2-1-5-13(15)17(18(21)25)19(23)22-9-3-4-10-22/h1-11,24H,(H2,21,25). The Hall–Kier alpha value is -3.54. The first-order chi connectivity index (χ1) is 12.1. The van der Waals surface area contributed by atoms with Gasteiger partial charge in [0.05, 0.1) is 16.8 Å². The number of aromatic hydroxyl groups is 1. The Bertz CT molecular complexity index is 1100. The molecule has 124 valence electrons. The molecule has 5 nitrogen and oxygen atoms in total. The highest BCUT2D eigenvalue weighted by Crippen LogP contribution is 2.33. The monoisotopic (exact) mass is 335 g/mol. The molecule has 0 aliphatic carbocycles. The summed E-state index contributed by atoms with van der Waals surface area (Å²) in [5, 5.41) is 10.2. The van der Waals surface area contributed by atoms with Crippen LogP contribution in [0.15, 0.2) is 67.0 Å². The number of phenolic OH excluding ortho intramolecular Hbond substituents is 1. The zero-order chi connectivity index (χ0) is 17.6. The maximum Gasteiger partial charge on any atom is 0.253 e. The number of para-hydroxylation sites is 1. The first-order valence-electron chi connectivity index (χ1n) is 7.63. The highest BCUT2D eigenvalue weighted by Gasteiger charge is 2.23. The Morgan fingerprint density at radius 3 is 2.44 bits per heavy atom. The fraction of sp³-hybridized carbons (Fsp3) is 0. The molecule has 0 saturated heterocycles. The topological polar surface area (TPSA) is 73.2 Å². The third-order valence-electron chi connectivity index (χ3n) is 4.13. The Labute approximate surface area is 142 Å². The van der Waals surface area contributed by atoms with Crippen LogP contribution in [0.25, 0.3) is 22.4 Å². The minimum absolute atomic E-state index is 0.347. The van der Waals surface area contributed by atoms with Crippen LogP contribution in [0.5, 0.6) is 5.75 Å². The van der Waals surface area contributed by atoms with Crippen molar-refractivity contribution >= 4 is 16.8 Å². The zero-order valence-corrected chi connectivity index (χ0v) is 13.1. The summed E-state index contributed by atoms with van der Waals surface area (Å²) in [6.07, 6.45) is 3.57. The summed E-state index contributed by atoms with van der Waals surface area (Å²) < 4.78 is 17.4. The lowest BCUT2D eigenvalue weighted by Crippen LogP contribution is -2.15. The van der Waals surface area contributed by atoms with Crippen LogP contribution in [-0.2, 0) is 0 Å².